The monoisotopic (exact) mass is 260 g/mol. The molecule has 1 heterocycles. The maximum absolute atomic E-state index is 13.5. The van der Waals surface area contributed by atoms with E-state index in [1.165, 1.54) is 4.90 Å². The molecule has 6 heteroatoms. The molecule has 0 aliphatic carbocycles. The molecular weight excluding hydrogens is 250 g/mol. The fourth-order valence-corrected chi connectivity index (χ4v) is 1.74. The number of carbonyl (C=O) groups excluding carboxylic acids is 1. The highest BCUT2D eigenvalue weighted by molar-refractivity contribution is 6.30. The predicted molar refractivity (Wildman–Crippen MR) is 60.1 cm³/mol. The first-order valence-electron chi connectivity index (χ1n) is 5.13. The standard InChI is InChI=1S/C11H11ClF2N2O/c1-16(6-4-15-5-6)11(17)7-2-10(14)8(12)3-9(7)13/h2-3,6,15H,4-5H2,1H3. The smallest absolute Gasteiger partial charge is 0.257 e. The molecule has 0 radical (unpaired) electrons. The number of rotatable bonds is 2. The van der Waals surface area contributed by atoms with Crippen molar-refractivity contribution in [2.45, 2.75) is 6.04 Å². The van der Waals surface area contributed by atoms with Crippen molar-refractivity contribution in [2.75, 3.05) is 20.1 Å². The van der Waals surface area contributed by atoms with Gasteiger partial charge < -0.3 is 10.2 Å². The minimum atomic E-state index is -0.805. The molecule has 1 saturated heterocycles. The van der Waals surface area contributed by atoms with Crippen molar-refractivity contribution in [1.29, 1.82) is 0 Å². The first kappa shape index (κ1) is 12.3. The Labute approximate surface area is 102 Å². The summed E-state index contributed by atoms with van der Waals surface area (Å²) in [6.45, 7) is 1.33. The second-order valence-corrected chi connectivity index (χ2v) is 4.38. The molecule has 1 amide bonds. The van der Waals surface area contributed by atoms with Crippen LogP contribution < -0.4 is 5.32 Å². The highest BCUT2D eigenvalue weighted by Gasteiger charge is 2.28. The number of carbonyl (C=O) groups is 1. The normalized spacial score (nSPS) is 15.5. The van der Waals surface area contributed by atoms with Crippen molar-refractivity contribution in [3.8, 4) is 0 Å². The van der Waals surface area contributed by atoms with Crippen molar-refractivity contribution in [2.24, 2.45) is 0 Å². The average Bonchev–Trinajstić information content (AvgIpc) is 2.20. The largest absolute Gasteiger partial charge is 0.336 e. The van der Waals surface area contributed by atoms with Gasteiger partial charge in [0.05, 0.1) is 16.6 Å². The van der Waals surface area contributed by atoms with Crippen LogP contribution in [0.15, 0.2) is 12.1 Å². The quantitative estimate of drug-likeness (QED) is 0.821. The fourth-order valence-electron chi connectivity index (χ4n) is 1.59. The topological polar surface area (TPSA) is 32.3 Å². The fraction of sp³-hybridized carbons (Fsp3) is 0.364. The Morgan fingerprint density at radius 1 is 1.41 bits per heavy atom. The third kappa shape index (κ3) is 2.25. The lowest BCUT2D eigenvalue weighted by Crippen LogP contribution is -2.57. The van der Waals surface area contributed by atoms with Crippen molar-refractivity contribution >= 4 is 17.5 Å². The third-order valence-electron chi connectivity index (χ3n) is 2.87. The van der Waals surface area contributed by atoms with Crippen LogP contribution in [-0.2, 0) is 0 Å². The lowest BCUT2D eigenvalue weighted by molar-refractivity contribution is 0.0676. The molecule has 17 heavy (non-hydrogen) atoms. The summed E-state index contributed by atoms with van der Waals surface area (Å²) >= 11 is 5.42. The SMILES string of the molecule is CN(C(=O)c1cc(F)c(Cl)cc1F)C1CNC1. The summed E-state index contributed by atoms with van der Waals surface area (Å²) in [5, 5.41) is 2.67. The molecule has 2 rings (SSSR count). The molecule has 0 spiro atoms. The summed E-state index contributed by atoms with van der Waals surface area (Å²) in [4.78, 5) is 13.3. The Morgan fingerprint density at radius 3 is 2.59 bits per heavy atom. The van der Waals surface area contributed by atoms with Crippen LogP contribution in [-0.4, -0.2) is 37.0 Å². The second-order valence-electron chi connectivity index (χ2n) is 3.97. The molecule has 1 aromatic rings. The number of likely N-dealkylation sites (N-methyl/N-ethyl adjacent to an activating group) is 1. The molecule has 92 valence electrons. The summed E-state index contributed by atoms with van der Waals surface area (Å²) < 4.78 is 26.7. The van der Waals surface area contributed by atoms with E-state index in [2.05, 4.69) is 5.32 Å². The first-order chi connectivity index (χ1) is 8.00. The molecule has 1 aliphatic heterocycles. The maximum atomic E-state index is 13.5. The Balaban J connectivity index is 2.26. The van der Waals surface area contributed by atoms with Crippen molar-refractivity contribution in [3.05, 3.63) is 34.4 Å². The number of halogens is 3. The maximum Gasteiger partial charge on any atom is 0.257 e. The summed E-state index contributed by atoms with van der Waals surface area (Å²) in [5.74, 6) is -2.14. The predicted octanol–water partition coefficient (Wildman–Crippen LogP) is 1.66. The molecule has 1 N–H and O–H groups in total. The molecule has 0 atom stereocenters. The molecule has 1 aromatic carbocycles. The van der Waals surface area contributed by atoms with E-state index in [0.29, 0.717) is 13.1 Å². The van der Waals surface area contributed by atoms with Crippen LogP contribution in [0.2, 0.25) is 5.02 Å². The van der Waals surface area contributed by atoms with E-state index in [1.807, 2.05) is 0 Å². The highest BCUT2D eigenvalue weighted by atomic mass is 35.5. The van der Waals surface area contributed by atoms with Crippen LogP contribution in [0.5, 0.6) is 0 Å². The van der Waals surface area contributed by atoms with Gasteiger partial charge in [0.2, 0.25) is 0 Å². The molecule has 1 aliphatic rings. The highest BCUT2D eigenvalue weighted by Crippen LogP contribution is 2.21. The van der Waals surface area contributed by atoms with Crippen LogP contribution in [0.4, 0.5) is 8.78 Å². The molecule has 0 saturated carbocycles. The number of benzene rings is 1. The zero-order valence-corrected chi connectivity index (χ0v) is 9.89. The van der Waals surface area contributed by atoms with Crippen LogP contribution in [0.1, 0.15) is 10.4 Å². The van der Waals surface area contributed by atoms with E-state index < -0.39 is 17.5 Å². The minimum absolute atomic E-state index is 0.0284. The molecule has 3 nitrogen and oxygen atoms in total. The summed E-state index contributed by atoms with van der Waals surface area (Å²) in [6, 6.07) is 1.68. The lowest BCUT2D eigenvalue weighted by atomic mass is 10.1. The van der Waals surface area contributed by atoms with E-state index in [-0.39, 0.29) is 16.6 Å². The molecular formula is C11H11ClF2N2O. The van der Waals surface area contributed by atoms with Crippen LogP contribution >= 0.6 is 11.6 Å². The molecule has 1 fully saturated rings. The van der Waals surface area contributed by atoms with E-state index in [0.717, 1.165) is 12.1 Å². The Morgan fingerprint density at radius 2 is 2.06 bits per heavy atom. The Bertz CT molecular complexity index is 463. The van der Waals surface area contributed by atoms with E-state index >= 15 is 0 Å². The van der Waals surface area contributed by atoms with Crippen molar-refractivity contribution in [1.82, 2.24) is 10.2 Å². The number of amides is 1. The lowest BCUT2D eigenvalue weighted by Gasteiger charge is -2.35. The van der Waals surface area contributed by atoms with Crippen molar-refractivity contribution in [3.63, 3.8) is 0 Å². The third-order valence-corrected chi connectivity index (χ3v) is 3.16. The van der Waals surface area contributed by atoms with Crippen LogP contribution in [0, 0.1) is 11.6 Å². The number of hydrogen-bond acceptors (Lipinski definition) is 2. The van der Waals surface area contributed by atoms with Gasteiger partial charge in [0, 0.05) is 20.1 Å². The van der Waals surface area contributed by atoms with Crippen molar-refractivity contribution < 1.29 is 13.6 Å². The van der Waals surface area contributed by atoms with Gasteiger partial charge in [-0.15, -0.1) is 0 Å². The van der Waals surface area contributed by atoms with Gasteiger partial charge in [-0.2, -0.15) is 0 Å². The number of hydrogen-bond donors (Lipinski definition) is 1. The van der Waals surface area contributed by atoms with Gasteiger partial charge in [0.25, 0.3) is 5.91 Å². The molecule has 0 bridgehead atoms. The molecule has 0 unspecified atom stereocenters. The zero-order chi connectivity index (χ0) is 12.6. The first-order valence-corrected chi connectivity index (χ1v) is 5.51. The Kier molecular flexibility index (Phi) is 3.31. The van der Waals surface area contributed by atoms with Crippen LogP contribution in [0.3, 0.4) is 0 Å². The van der Waals surface area contributed by atoms with Gasteiger partial charge in [-0.25, -0.2) is 8.78 Å². The average molecular weight is 261 g/mol. The van der Waals surface area contributed by atoms with E-state index in [4.69, 9.17) is 11.6 Å². The van der Waals surface area contributed by atoms with E-state index in [1.54, 1.807) is 7.05 Å². The molecule has 0 aromatic heterocycles. The Hall–Kier alpha value is -1.20. The number of nitrogens with one attached hydrogen (secondary N) is 1. The van der Waals surface area contributed by atoms with Gasteiger partial charge in [0.1, 0.15) is 11.6 Å². The summed E-state index contributed by atoms with van der Waals surface area (Å²) in [5.41, 5.74) is -0.290. The summed E-state index contributed by atoms with van der Waals surface area (Å²) in [6.07, 6.45) is 0. The van der Waals surface area contributed by atoms with E-state index in [9.17, 15) is 13.6 Å². The second kappa shape index (κ2) is 4.58. The van der Waals surface area contributed by atoms with Gasteiger partial charge in [-0.1, -0.05) is 11.6 Å². The van der Waals surface area contributed by atoms with Gasteiger partial charge in [-0.3, -0.25) is 4.79 Å². The van der Waals surface area contributed by atoms with Crippen LogP contribution in [0.25, 0.3) is 0 Å². The number of nitrogens with zero attached hydrogens (tertiary/aromatic N) is 1. The van der Waals surface area contributed by atoms with Gasteiger partial charge in [-0.05, 0) is 12.1 Å². The minimum Gasteiger partial charge on any atom is -0.336 e. The summed E-state index contributed by atoms with van der Waals surface area (Å²) in [7, 11) is 1.57. The van der Waals surface area contributed by atoms with Gasteiger partial charge in [0.15, 0.2) is 0 Å². The van der Waals surface area contributed by atoms with Gasteiger partial charge >= 0.3 is 0 Å². The zero-order valence-electron chi connectivity index (χ0n) is 9.14.